The van der Waals surface area contributed by atoms with Crippen molar-refractivity contribution in [1.29, 1.82) is 0 Å². The van der Waals surface area contributed by atoms with Crippen molar-refractivity contribution < 1.29 is 22.6 Å². The van der Waals surface area contributed by atoms with E-state index < -0.39 is 11.7 Å². The first-order chi connectivity index (χ1) is 7.04. The molecule has 1 aromatic carbocycles. The summed E-state index contributed by atoms with van der Waals surface area (Å²) in [5.41, 5.74) is 0.0260. The van der Waals surface area contributed by atoms with Gasteiger partial charge >= 0.3 is 6.18 Å². The topological polar surface area (TPSA) is 18.5 Å². The zero-order valence-corrected chi connectivity index (χ0v) is 8.17. The maximum absolute atomic E-state index is 12.2. The van der Waals surface area contributed by atoms with Gasteiger partial charge in [-0.1, -0.05) is 12.1 Å². The second kappa shape index (κ2) is 5.14. The molecule has 2 nitrogen and oxygen atoms in total. The molecule has 0 amide bonds. The van der Waals surface area contributed by atoms with E-state index in [-0.39, 0.29) is 13.4 Å². The Morgan fingerprint density at radius 1 is 1.13 bits per heavy atom. The highest BCUT2D eigenvalue weighted by atomic mass is 19.4. The van der Waals surface area contributed by atoms with Crippen LogP contribution in [0.4, 0.5) is 13.2 Å². The molecular formula is C10H11F3O2. The first kappa shape index (κ1) is 12.0. The lowest BCUT2D eigenvalue weighted by atomic mass is 10.1. The number of hydrogen-bond donors (Lipinski definition) is 0. The SMILES string of the molecule is COCOCc1ccc(C(F)(F)F)cc1. The van der Waals surface area contributed by atoms with Gasteiger partial charge in [-0.15, -0.1) is 0 Å². The lowest BCUT2D eigenvalue weighted by Gasteiger charge is -2.07. The number of methoxy groups -OCH3 is 1. The molecule has 0 aliphatic rings. The molecule has 0 aliphatic carbocycles. The Hall–Kier alpha value is -1.07. The van der Waals surface area contributed by atoms with Crippen molar-refractivity contribution in [1.82, 2.24) is 0 Å². The molecule has 0 atom stereocenters. The Labute approximate surface area is 85.6 Å². The highest BCUT2D eigenvalue weighted by Crippen LogP contribution is 2.29. The normalized spacial score (nSPS) is 11.7. The summed E-state index contributed by atoms with van der Waals surface area (Å²) >= 11 is 0. The van der Waals surface area contributed by atoms with Crippen LogP contribution in [0.2, 0.25) is 0 Å². The Balaban J connectivity index is 2.57. The van der Waals surface area contributed by atoms with E-state index in [0.717, 1.165) is 12.1 Å². The van der Waals surface area contributed by atoms with Crippen LogP contribution in [0.3, 0.4) is 0 Å². The van der Waals surface area contributed by atoms with Gasteiger partial charge in [-0.3, -0.25) is 0 Å². The monoisotopic (exact) mass is 220 g/mol. The standard InChI is InChI=1S/C10H11F3O2/c1-14-7-15-6-8-2-4-9(5-3-8)10(11,12)13/h2-5H,6-7H2,1H3. The van der Waals surface area contributed by atoms with E-state index in [1.54, 1.807) is 0 Å². The van der Waals surface area contributed by atoms with Crippen molar-refractivity contribution in [3.8, 4) is 0 Å². The molecular weight excluding hydrogens is 209 g/mol. The second-order valence-corrected chi connectivity index (χ2v) is 2.95. The van der Waals surface area contributed by atoms with Crippen LogP contribution < -0.4 is 0 Å². The summed E-state index contributed by atoms with van der Waals surface area (Å²) in [4.78, 5) is 0. The highest BCUT2D eigenvalue weighted by molar-refractivity contribution is 5.24. The smallest absolute Gasteiger partial charge is 0.359 e. The molecule has 1 rings (SSSR count). The quantitative estimate of drug-likeness (QED) is 0.573. The van der Waals surface area contributed by atoms with Gasteiger partial charge in [-0.05, 0) is 17.7 Å². The molecule has 0 aromatic heterocycles. The summed E-state index contributed by atoms with van der Waals surface area (Å²) in [6, 6.07) is 4.84. The fourth-order valence-electron chi connectivity index (χ4n) is 1.03. The van der Waals surface area contributed by atoms with E-state index in [9.17, 15) is 13.2 Å². The molecule has 0 fully saturated rings. The maximum Gasteiger partial charge on any atom is 0.416 e. The molecule has 0 spiro atoms. The van der Waals surface area contributed by atoms with Gasteiger partial charge in [0.2, 0.25) is 0 Å². The summed E-state index contributed by atoms with van der Waals surface area (Å²) in [6.07, 6.45) is -4.29. The first-order valence-electron chi connectivity index (χ1n) is 4.27. The van der Waals surface area contributed by atoms with Gasteiger partial charge in [0.25, 0.3) is 0 Å². The van der Waals surface area contributed by atoms with Gasteiger partial charge in [0, 0.05) is 7.11 Å². The van der Waals surface area contributed by atoms with Gasteiger partial charge in [-0.25, -0.2) is 0 Å². The van der Waals surface area contributed by atoms with Gasteiger partial charge in [0.1, 0.15) is 6.79 Å². The lowest BCUT2D eigenvalue weighted by Crippen LogP contribution is -2.05. The molecule has 15 heavy (non-hydrogen) atoms. The third kappa shape index (κ3) is 3.89. The molecule has 5 heteroatoms. The lowest BCUT2D eigenvalue weighted by molar-refractivity contribution is -0.137. The fraction of sp³-hybridized carbons (Fsp3) is 0.400. The Bertz CT molecular complexity index is 293. The molecule has 0 N–H and O–H groups in total. The van der Waals surface area contributed by atoms with E-state index in [4.69, 9.17) is 4.74 Å². The summed E-state index contributed by atoms with van der Waals surface area (Å²) in [7, 11) is 1.48. The predicted molar refractivity (Wildman–Crippen MR) is 48.1 cm³/mol. The molecule has 0 radical (unpaired) electrons. The van der Waals surface area contributed by atoms with Crippen LogP contribution in [0.15, 0.2) is 24.3 Å². The van der Waals surface area contributed by atoms with Crippen molar-refractivity contribution >= 4 is 0 Å². The number of rotatable bonds is 4. The minimum atomic E-state index is -4.29. The van der Waals surface area contributed by atoms with Crippen molar-refractivity contribution in [2.45, 2.75) is 12.8 Å². The summed E-state index contributed by atoms with van der Waals surface area (Å²) < 4.78 is 46.2. The van der Waals surface area contributed by atoms with Crippen LogP contribution >= 0.6 is 0 Å². The van der Waals surface area contributed by atoms with Crippen molar-refractivity contribution in [3.63, 3.8) is 0 Å². The van der Waals surface area contributed by atoms with Crippen LogP contribution in [0.1, 0.15) is 11.1 Å². The largest absolute Gasteiger partial charge is 0.416 e. The summed E-state index contributed by atoms with van der Waals surface area (Å²) in [5.74, 6) is 0. The number of alkyl halides is 3. The molecule has 84 valence electrons. The second-order valence-electron chi connectivity index (χ2n) is 2.95. The van der Waals surface area contributed by atoms with E-state index in [1.807, 2.05) is 0 Å². The van der Waals surface area contributed by atoms with Crippen molar-refractivity contribution in [3.05, 3.63) is 35.4 Å². The van der Waals surface area contributed by atoms with E-state index in [0.29, 0.717) is 5.56 Å². The van der Waals surface area contributed by atoms with Crippen LogP contribution in [0, 0.1) is 0 Å². The van der Waals surface area contributed by atoms with Crippen molar-refractivity contribution in [2.75, 3.05) is 13.9 Å². The Morgan fingerprint density at radius 3 is 2.20 bits per heavy atom. The van der Waals surface area contributed by atoms with Crippen LogP contribution in [0.25, 0.3) is 0 Å². The van der Waals surface area contributed by atoms with E-state index >= 15 is 0 Å². The van der Waals surface area contributed by atoms with E-state index in [1.165, 1.54) is 19.2 Å². The third-order valence-corrected chi connectivity index (χ3v) is 1.75. The van der Waals surface area contributed by atoms with Crippen molar-refractivity contribution in [2.24, 2.45) is 0 Å². The molecule has 0 saturated heterocycles. The molecule has 0 bridgehead atoms. The Morgan fingerprint density at radius 2 is 1.73 bits per heavy atom. The minimum Gasteiger partial charge on any atom is -0.359 e. The Kier molecular flexibility index (Phi) is 4.11. The number of benzene rings is 1. The highest BCUT2D eigenvalue weighted by Gasteiger charge is 2.29. The van der Waals surface area contributed by atoms with Gasteiger partial charge in [0.05, 0.1) is 12.2 Å². The maximum atomic E-state index is 12.2. The average Bonchev–Trinajstić information content (AvgIpc) is 2.18. The zero-order chi connectivity index (χ0) is 11.3. The molecule has 0 aliphatic heterocycles. The summed E-state index contributed by atoms with van der Waals surface area (Å²) in [5, 5.41) is 0. The molecule has 0 saturated carbocycles. The zero-order valence-electron chi connectivity index (χ0n) is 8.17. The van der Waals surface area contributed by atoms with E-state index in [2.05, 4.69) is 4.74 Å². The number of hydrogen-bond acceptors (Lipinski definition) is 2. The average molecular weight is 220 g/mol. The van der Waals surface area contributed by atoms with Gasteiger partial charge in [-0.2, -0.15) is 13.2 Å². The van der Waals surface area contributed by atoms with Crippen LogP contribution in [-0.2, 0) is 22.3 Å². The molecule has 1 aromatic rings. The first-order valence-corrected chi connectivity index (χ1v) is 4.27. The number of halogens is 3. The van der Waals surface area contributed by atoms with Crippen LogP contribution in [-0.4, -0.2) is 13.9 Å². The number of ether oxygens (including phenoxy) is 2. The van der Waals surface area contributed by atoms with Crippen LogP contribution in [0.5, 0.6) is 0 Å². The van der Waals surface area contributed by atoms with Gasteiger partial charge in [0.15, 0.2) is 0 Å². The summed E-state index contributed by atoms with van der Waals surface area (Å²) in [6.45, 7) is 0.368. The third-order valence-electron chi connectivity index (χ3n) is 1.75. The van der Waals surface area contributed by atoms with Gasteiger partial charge < -0.3 is 9.47 Å². The minimum absolute atomic E-state index is 0.126. The fourth-order valence-corrected chi connectivity index (χ4v) is 1.03. The predicted octanol–water partition coefficient (Wildman–Crippen LogP) is 2.83. The molecule has 0 heterocycles. The molecule has 0 unspecified atom stereocenters.